The normalized spacial score (nSPS) is 10.4. The number of nitrogen functional groups attached to an aromatic ring is 1. The maximum atomic E-state index is 13.0. The molecule has 1 aromatic carbocycles. The van der Waals surface area contributed by atoms with E-state index in [2.05, 4.69) is 5.32 Å². The van der Waals surface area contributed by atoms with Crippen molar-refractivity contribution in [2.24, 2.45) is 0 Å². The first-order chi connectivity index (χ1) is 9.15. The number of halogens is 1. The summed E-state index contributed by atoms with van der Waals surface area (Å²) in [6.07, 6.45) is 0. The van der Waals surface area contributed by atoms with Gasteiger partial charge in [-0.15, -0.1) is 23.1 Å². The van der Waals surface area contributed by atoms with E-state index >= 15 is 0 Å². The number of hydrogen-bond acceptors (Lipinski definition) is 4. The predicted molar refractivity (Wildman–Crippen MR) is 77.7 cm³/mol. The van der Waals surface area contributed by atoms with Crippen LogP contribution in [-0.2, 0) is 11.3 Å². The summed E-state index contributed by atoms with van der Waals surface area (Å²) in [5.74, 6) is -0.225. The molecule has 0 unspecified atom stereocenters. The van der Waals surface area contributed by atoms with Crippen LogP contribution in [0.4, 0.5) is 10.1 Å². The van der Waals surface area contributed by atoms with E-state index in [0.717, 1.165) is 4.88 Å². The fourth-order valence-corrected chi connectivity index (χ4v) is 2.89. The number of thiophene rings is 1. The summed E-state index contributed by atoms with van der Waals surface area (Å²) in [4.78, 5) is 13.3. The molecular weight excluding hydrogens is 283 g/mol. The maximum Gasteiger partial charge on any atom is 0.230 e. The van der Waals surface area contributed by atoms with Crippen LogP contribution >= 0.6 is 23.1 Å². The summed E-state index contributed by atoms with van der Waals surface area (Å²) in [5, 5.41) is 4.77. The minimum Gasteiger partial charge on any atom is -0.398 e. The largest absolute Gasteiger partial charge is 0.398 e. The van der Waals surface area contributed by atoms with Crippen molar-refractivity contribution in [1.82, 2.24) is 5.32 Å². The molecule has 0 bridgehead atoms. The lowest BCUT2D eigenvalue weighted by atomic mass is 10.3. The van der Waals surface area contributed by atoms with Gasteiger partial charge in [-0.3, -0.25) is 4.79 Å². The van der Waals surface area contributed by atoms with Crippen molar-refractivity contribution in [2.45, 2.75) is 11.4 Å². The number of thioether (sulfide) groups is 1. The van der Waals surface area contributed by atoms with Crippen molar-refractivity contribution in [3.8, 4) is 0 Å². The molecule has 3 N–H and O–H groups in total. The molecule has 1 aromatic heterocycles. The Morgan fingerprint density at radius 3 is 3.00 bits per heavy atom. The second-order valence-electron chi connectivity index (χ2n) is 3.83. The molecule has 100 valence electrons. The van der Waals surface area contributed by atoms with Crippen LogP contribution in [0.2, 0.25) is 0 Å². The number of carbonyl (C=O) groups excluding carboxylic acids is 1. The van der Waals surface area contributed by atoms with E-state index in [9.17, 15) is 9.18 Å². The lowest BCUT2D eigenvalue weighted by Crippen LogP contribution is -2.24. The van der Waals surface area contributed by atoms with Crippen LogP contribution in [0, 0.1) is 5.82 Å². The second kappa shape index (κ2) is 6.58. The van der Waals surface area contributed by atoms with Gasteiger partial charge in [-0.05, 0) is 29.6 Å². The van der Waals surface area contributed by atoms with E-state index < -0.39 is 0 Å². The first-order valence-corrected chi connectivity index (χ1v) is 7.48. The van der Waals surface area contributed by atoms with Gasteiger partial charge in [0.15, 0.2) is 0 Å². The van der Waals surface area contributed by atoms with Gasteiger partial charge in [0.25, 0.3) is 0 Å². The van der Waals surface area contributed by atoms with Crippen molar-refractivity contribution >= 4 is 34.7 Å². The topological polar surface area (TPSA) is 55.1 Å². The van der Waals surface area contributed by atoms with E-state index in [-0.39, 0.29) is 17.5 Å². The Morgan fingerprint density at radius 1 is 1.42 bits per heavy atom. The molecule has 0 radical (unpaired) electrons. The number of hydrogen-bond donors (Lipinski definition) is 2. The van der Waals surface area contributed by atoms with E-state index in [1.807, 2.05) is 17.5 Å². The van der Waals surface area contributed by atoms with Gasteiger partial charge < -0.3 is 11.1 Å². The Morgan fingerprint density at radius 2 is 2.26 bits per heavy atom. The molecule has 3 nitrogen and oxygen atoms in total. The van der Waals surface area contributed by atoms with Gasteiger partial charge in [0.05, 0.1) is 12.3 Å². The first-order valence-electron chi connectivity index (χ1n) is 5.62. The molecule has 2 rings (SSSR count). The molecule has 2 aromatic rings. The molecule has 1 heterocycles. The van der Waals surface area contributed by atoms with Gasteiger partial charge in [-0.1, -0.05) is 6.07 Å². The minimum absolute atomic E-state index is 0.0953. The Kier molecular flexibility index (Phi) is 4.81. The Balaban J connectivity index is 1.81. The molecule has 0 spiro atoms. The van der Waals surface area contributed by atoms with E-state index in [0.29, 0.717) is 17.1 Å². The quantitative estimate of drug-likeness (QED) is 0.659. The van der Waals surface area contributed by atoms with Crippen LogP contribution in [0.5, 0.6) is 0 Å². The summed E-state index contributed by atoms with van der Waals surface area (Å²) in [6.45, 7) is 0.524. The standard InChI is InChI=1S/C13H13FN2OS2/c14-9-3-4-11(15)12(6-9)19-8-13(17)16-7-10-2-1-5-18-10/h1-6H,7-8,15H2,(H,16,17). The molecule has 0 saturated carbocycles. The zero-order valence-electron chi connectivity index (χ0n) is 10.1. The Bertz CT molecular complexity index is 558. The zero-order valence-corrected chi connectivity index (χ0v) is 11.7. The van der Waals surface area contributed by atoms with Crippen LogP contribution in [0.1, 0.15) is 4.88 Å². The summed E-state index contributed by atoms with van der Waals surface area (Å²) in [5.41, 5.74) is 6.19. The number of nitrogens with one attached hydrogen (secondary N) is 1. The third-order valence-corrected chi connectivity index (χ3v) is 4.32. The predicted octanol–water partition coefficient (Wildman–Crippen LogP) is 2.88. The number of benzene rings is 1. The minimum atomic E-state index is -0.351. The fraction of sp³-hybridized carbons (Fsp3) is 0.154. The number of rotatable bonds is 5. The highest BCUT2D eigenvalue weighted by Gasteiger charge is 2.06. The number of amides is 1. The van der Waals surface area contributed by atoms with Gasteiger partial charge >= 0.3 is 0 Å². The van der Waals surface area contributed by atoms with Gasteiger partial charge in [0.2, 0.25) is 5.91 Å². The van der Waals surface area contributed by atoms with Crippen LogP contribution in [0.25, 0.3) is 0 Å². The lowest BCUT2D eigenvalue weighted by Gasteiger charge is -2.06. The van der Waals surface area contributed by atoms with Gasteiger partial charge in [-0.25, -0.2) is 4.39 Å². The highest BCUT2D eigenvalue weighted by molar-refractivity contribution is 8.00. The molecule has 0 aliphatic carbocycles. The van der Waals surface area contributed by atoms with Gasteiger partial charge in [0.1, 0.15) is 5.82 Å². The zero-order chi connectivity index (χ0) is 13.7. The molecule has 19 heavy (non-hydrogen) atoms. The SMILES string of the molecule is Nc1ccc(F)cc1SCC(=O)NCc1cccs1. The fourth-order valence-electron chi connectivity index (χ4n) is 1.43. The molecule has 0 aliphatic rings. The molecular formula is C13H13FN2OS2. The smallest absolute Gasteiger partial charge is 0.230 e. The molecule has 6 heteroatoms. The summed E-state index contributed by atoms with van der Waals surface area (Å²) >= 11 is 2.83. The van der Waals surface area contributed by atoms with Crippen molar-refractivity contribution < 1.29 is 9.18 Å². The average molecular weight is 296 g/mol. The highest BCUT2D eigenvalue weighted by Crippen LogP contribution is 2.25. The van der Waals surface area contributed by atoms with E-state index in [4.69, 9.17) is 5.73 Å². The summed E-state index contributed by atoms with van der Waals surface area (Å²) in [6, 6.07) is 8.04. The van der Waals surface area contributed by atoms with Crippen LogP contribution in [0.15, 0.2) is 40.6 Å². The number of nitrogens with two attached hydrogens (primary N) is 1. The van der Waals surface area contributed by atoms with Crippen molar-refractivity contribution in [2.75, 3.05) is 11.5 Å². The molecule has 0 aliphatic heterocycles. The summed E-state index contributed by atoms with van der Waals surface area (Å²) in [7, 11) is 0. The molecule has 0 atom stereocenters. The van der Waals surface area contributed by atoms with Crippen LogP contribution in [0.3, 0.4) is 0 Å². The number of carbonyl (C=O) groups is 1. The van der Waals surface area contributed by atoms with Crippen molar-refractivity contribution in [3.05, 3.63) is 46.4 Å². The third-order valence-electron chi connectivity index (χ3n) is 2.37. The monoisotopic (exact) mass is 296 g/mol. The molecule has 0 fully saturated rings. The van der Waals surface area contributed by atoms with Crippen LogP contribution in [-0.4, -0.2) is 11.7 Å². The maximum absolute atomic E-state index is 13.0. The van der Waals surface area contributed by atoms with E-state index in [1.165, 1.54) is 30.0 Å². The van der Waals surface area contributed by atoms with Crippen LogP contribution < -0.4 is 11.1 Å². The first kappa shape index (κ1) is 13.9. The summed E-state index contributed by atoms with van der Waals surface area (Å²) < 4.78 is 13.0. The van der Waals surface area contributed by atoms with Gasteiger partial charge in [-0.2, -0.15) is 0 Å². The number of anilines is 1. The molecule has 0 saturated heterocycles. The Labute approximate surface area is 119 Å². The second-order valence-corrected chi connectivity index (χ2v) is 5.88. The average Bonchev–Trinajstić information content (AvgIpc) is 2.90. The highest BCUT2D eigenvalue weighted by atomic mass is 32.2. The van der Waals surface area contributed by atoms with Crippen molar-refractivity contribution in [3.63, 3.8) is 0 Å². The third kappa shape index (κ3) is 4.25. The lowest BCUT2D eigenvalue weighted by molar-refractivity contribution is -0.118. The van der Waals surface area contributed by atoms with Gasteiger partial charge in [0, 0.05) is 15.5 Å². The van der Waals surface area contributed by atoms with Crippen molar-refractivity contribution in [1.29, 1.82) is 0 Å². The molecule has 1 amide bonds. The van der Waals surface area contributed by atoms with E-state index in [1.54, 1.807) is 11.3 Å². The Hall–Kier alpha value is -1.53.